The van der Waals surface area contributed by atoms with Crippen molar-refractivity contribution in [3.8, 4) is 0 Å². The number of hydrogen-bond donors (Lipinski definition) is 0. The lowest BCUT2D eigenvalue weighted by Crippen LogP contribution is -2.39. The van der Waals surface area contributed by atoms with Crippen molar-refractivity contribution in [2.75, 3.05) is 6.61 Å². The number of rotatable bonds is 4. The van der Waals surface area contributed by atoms with Crippen LogP contribution in [0.2, 0.25) is 0 Å². The van der Waals surface area contributed by atoms with E-state index in [0.29, 0.717) is 26.4 Å². The van der Waals surface area contributed by atoms with Gasteiger partial charge in [0.25, 0.3) is 5.56 Å². The molecule has 0 saturated heterocycles. The lowest BCUT2D eigenvalue weighted by atomic mass is 9.96. The number of halogens is 1. The molecule has 0 aliphatic carbocycles. The number of hydrogen-bond acceptors (Lipinski definition) is 6. The molecule has 154 valence electrons. The molecule has 8 heteroatoms. The van der Waals surface area contributed by atoms with Crippen LogP contribution in [-0.2, 0) is 9.53 Å². The van der Waals surface area contributed by atoms with E-state index < -0.39 is 17.8 Å². The second kappa shape index (κ2) is 7.87. The van der Waals surface area contributed by atoms with Gasteiger partial charge in [0.15, 0.2) is 4.80 Å². The molecule has 1 atom stereocenters. The first-order valence-corrected chi connectivity index (χ1v) is 10.2. The number of benzene rings is 1. The molecule has 6 nitrogen and oxygen atoms in total. The van der Waals surface area contributed by atoms with Gasteiger partial charge in [-0.05, 0) is 50.6 Å². The van der Waals surface area contributed by atoms with E-state index in [1.165, 1.54) is 28.0 Å². The van der Waals surface area contributed by atoms with Gasteiger partial charge in [-0.25, -0.2) is 14.2 Å². The van der Waals surface area contributed by atoms with Crippen molar-refractivity contribution in [1.82, 2.24) is 4.57 Å². The van der Waals surface area contributed by atoms with Crippen LogP contribution in [0.15, 0.2) is 61.9 Å². The predicted molar refractivity (Wildman–Crippen MR) is 110 cm³/mol. The molecule has 1 aliphatic heterocycles. The number of fused-ring (bicyclic) bond motifs is 1. The Bertz CT molecular complexity index is 1330. The Kier molecular flexibility index (Phi) is 5.26. The number of nitrogens with zero attached hydrogens (tertiary/aromatic N) is 2. The van der Waals surface area contributed by atoms with E-state index in [0.717, 1.165) is 5.76 Å². The first-order valence-electron chi connectivity index (χ1n) is 9.40. The molecule has 0 fully saturated rings. The van der Waals surface area contributed by atoms with Gasteiger partial charge in [-0.3, -0.25) is 9.36 Å². The van der Waals surface area contributed by atoms with Gasteiger partial charge in [0.05, 0.1) is 28.5 Å². The Hall–Kier alpha value is -3.26. The molecule has 0 radical (unpaired) electrons. The highest BCUT2D eigenvalue weighted by molar-refractivity contribution is 7.07. The summed E-state index contributed by atoms with van der Waals surface area (Å²) in [5.41, 5.74) is 1.01. The third-order valence-corrected chi connectivity index (χ3v) is 5.72. The minimum atomic E-state index is -0.763. The Balaban J connectivity index is 1.96. The molecule has 0 spiro atoms. The number of carbonyl (C=O) groups excluding carboxylic acids is 1. The molecule has 0 N–H and O–H groups in total. The van der Waals surface area contributed by atoms with E-state index >= 15 is 0 Å². The summed E-state index contributed by atoms with van der Waals surface area (Å²) < 4.78 is 26.2. The largest absolute Gasteiger partial charge is 0.463 e. The quantitative estimate of drug-likeness (QED) is 0.602. The van der Waals surface area contributed by atoms with Gasteiger partial charge in [0, 0.05) is 6.08 Å². The van der Waals surface area contributed by atoms with Crippen LogP contribution in [0.25, 0.3) is 6.08 Å². The highest BCUT2D eigenvalue weighted by Crippen LogP contribution is 2.30. The zero-order valence-corrected chi connectivity index (χ0v) is 17.5. The Labute approximate surface area is 175 Å². The van der Waals surface area contributed by atoms with Crippen molar-refractivity contribution >= 4 is 23.4 Å². The van der Waals surface area contributed by atoms with Crippen LogP contribution in [0.5, 0.6) is 0 Å². The van der Waals surface area contributed by atoms with Crippen molar-refractivity contribution in [3.63, 3.8) is 0 Å². The molecule has 1 aliphatic rings. The molecule has 0 bridgehead atoms. The topological polar surface area (TPSA) is 73.8 Å². The second-order valence-electron chi connectivity index (χ2n) is 6.80. The van der Waals surface area contributed by atoms with Crippen LogP contribution in [0, 0.1) is 12.7 Å². The fraction of sp³-hybridized carbons (Fsp3) is 0.227. The monoisotopic (exact) mass is 426 g/mol. The first kappa shape index (κ1) is 20.0. The van der Waals surface area contributed by atoms with Crippen molar-refractivity contribution in [1.29, 1.82) is 0 Å². The molecule has 1 aromatic carbocycles. The number of furan rings is 1. The maximum atomic E-state index is 13.5. The molecular formula is C22H19FN2O4S. The van der Waals surface area contributed by atoms with Gasteiger partial charge in [-0.1, -0.05) is 23.5 Å². The lowest BCUT2D eigenvalue weighted by molar-refractivity contribution is -0.139. The van der Waals surface area contributed by atoms with Gasteiger partial charge >= 0.3 is 5.97 Å². The van der Waals surface area contributed by atoms with E-state index in [1.54, 1.807) is 38.1 Å². The van der Waals surface area contributed by atoms with Crippen LogP contribution >= 0.6 is 11.3 Å². The summed E-state index contributed by atoms with van der Waals surface area (Å²) in [5.74, 6) is 0.331. The molecule has 0 saturated carbocycles. The van der Waals surface area contributed by atoms with Gasteiger partial charge < -0.3 is 9.15 Å². The van der Waals surface area contributed by atoms with Crippen LogP contribution in [0.1, 0.15) is 37.0 Å². The molecule has 3 aromatic rings. The predicted octanol–water partition coefficient (Wildman–Crippen LogP) is 2.84. The molecule has 1 unspecified atom stereocenters. The number of esters is 1. The van der Waals surface area contributed by atoms with Crippen molar-refractivity contribution < 1.29 is 18.3 Å². The fourth-order valence-corrected chi connectivity index (χ4v) is 4.44. The fourth-order valence-electron chi connectivity index (χ4n) is 3.41. The average Bonchev–Trinajstić information content (AvgIpc) is 3.24. The zero-order chi connectivity index (χ0) is 21.4. The maximum Gasteiger partial charge on any atom is 0.338 e. The van der Waals surface area contributed by atoms with Crippen LogP contribution < -0.4 is 14.9 Å². The van der Waals surface area contributed by atoms with Gasteiger partial charge in [-0.15, -0.1) is 0 Å². The van der Waals surface area contributed by atoms with Crippen molar-refractivity contribution in [3.05, 3.63) is 90.3 Å². The van der Waals surface area contributed by atoms with Gasteiger partial charge in [0.1, 0.15) is 17.3 Å². The van der Waals surface area contributed by atoms with Crippen LogP contribution in [-0.4, -0.2) is 17.1 Å². The van der Waals surface area contributed by atoms with E-state index in [4.69, 9.17) is 9.15 Å². The standard InChI is InChI=1S/C22H19FN2O4S/c1-4-28-21(27)18-13(3)24-22-25(19(18)14-6-8-15(23)9-7-14)20(26)17(30-22)11-16-10-5-12(2)29-16/h5-11,19H,4H2,1-3H3/b17-11+. The Morgan fingerprint density at radius 2 is 2.00 bits per heavy atom. The number of ether oxygens (including phenoxy) is 1. The SMILES string of the molecule is CCOC(=O)C1=C(C)N=c2s/c(=C/c3ccc(C)o3)c(=O)n2C1c1ccc(F)cc1. The average molecular weight is 426 g/mol. The smallest absolute Gasteiger partial charge is 0.338 e. The van der Waals surface area contributed by atoms with E-state index in [1.807, 2.05) is 13.0 Å². The molecule has 4 rings (SSSR count). The summed E-state index contributed by atoms with van der Waals surface area (Å²) >= 11 is 1.21. The highest BCUT2D eigenvalue weighted by atomic mass is 32.1. The van der Waals surface area contributed by atoms with Crippen LogP contribution in [0.3, 0.4) is 0 Å². The zero-order valence-electron chi connectivity index (χ0n) is 16.6. The molecular weight excluding hydrogens is 407 g/mol. The lowest BCUT2D eigenvalue weighted by Gasteiger charge is -2.24. The third kappa shape index (κ3) is 3.54. The number of thiazole rings is 1. The minimum absolute atomic E-state index is 0.189. The number of aryl methyl sites for hydroxylation is 1. The normalized spacial score (nSPS) is 16.4. The van der Waals surface area contributed by atoms with Crippen molar-refractivity contribution in [2.45, 2.75) is 26.8 Å². The van der Waals surface area contributed by atoms with Crippen LogP contribution in [0.4, 0.5) is 4.39 Å². The number of carbonyl (C=O) groups is 1. The third-order valence-electron chi connectivity index (χ3n) is 4.74. The van der Waals surface area contributed by atoms with E-state index in [9.17, 15) is 14.0 Å². The Morgan fingerprint density at radius 3 is 2.63 bits per heavy atom. The van der Waals surface area contributed by atoms with Crippen molar-refractivity contribution in [2.24, 2.45) is 4.99 Å². The number of aromatic nitrogens is 1. The molecule has 30 heavy (non-hydrogen) atoms. The second-order valence-corrected chi connectivity index (χ2v) is 7.81. The molecule has 0 amide bonds. The number of allylic oxidation sites excluding steroid dienone is 1. The molecule has 2 aromatic heterocycles. The molecule has 3 heterocycles. The summed E-state index contributed by atoms with van der Waals surface area (Å²) in [4.78, 5) is 31.0. The summed E-state index contributed by atoms with van der Waals surface area (Å²) in [5, 5.41) is 0. The summed E-state index contributed by atoms with van der Waals surface area (Å²) in [7, 11) is 0. The van der Waals surface area contributed by atoms with Gasteiger partial charge in [-0.2, -0.15) is 0 Å². The van der Waals surface area contributed by atoms with E-state index in [-0.39, 0.29) is 17.7 Å². The summed E-state index contributed by atoms with van der Waals surface area (Å²) in [6.07, 6.45) is 1.65. The first-order chi connectivity index (χ1) is 14.4. The maximum absolute atomic E-state index is 13.5. The van der Waals surface area contributed by atoms with Gasteiger partial charge in [0.2, 0.25) is 0 Å². The summed E-state index contributed by atoms with van der Waals surface area (Å²) in [6, 6.07) is 8.55. The Morgan fingerprint density at radius 1 is 1.27 bits per heavy atom. The minimum Gasteiger partial charge on any atom is -0.463 e. The summed E-state index contributed by atoms with van der Waals surface area (Å²) in [6.45, 7) is 5.42. The highest BCUT2D eigenvalue weighted by Gasteiger charge is 2.33. The van der Waals surface area contributed by atoms with E-state index in [2.05, 4.69) is 4.99 Å².